The quantitative estimate of drug-likeness (QED) is 0.781. The molecule has 3 heterocycles. The summed E-state index contributed by atoms with van der Waals surface area (Å²) in [4.78, 5) is 42.0. The molecule has 2 N–H and O–H groups in total. The number of hydrogen-bond donors (Lipinski definition) is 2. The number of benzene rings is 1. The van der Waals surface area contributed by atoms with Crippen molar-refractivity contribution in [2.24, 2.45) is 0 Å². The van der Waals surface area contributed by atoms with E-state index in [4.69, 9.17) is 4.42 Å². The number of furan rings is 1. The first-order valence-corrected chi connectivity index (χ1v) is 9.42. The van der Waals surface area contributed by atoms with E-state index >= 15 is 0 Å². The number of quaternary nitrogens is 1. The molecule has 0 saturated carbocycles. The number of hydrogen-bond acceptors (Lipinski definition) is 4. The molecule has 28 heavy (non-hydrogen) atoms. The zero-order valence-corrected chi connectivity index (χ0v) is 15.7. The smallest absolute Gasteiger partial charge is 0.289 e. The summed E-state index contributed by atoms with van der Waals surface area (Å²) in [6.45, 7) is 4.36. The molecule has 8 nitrogen and oxygen atoms in total. The van der Waals surface area contributed by atoms with Crippen LogP contribution in [-0.4, -0.2) is 61.4 Å². The monoisotopic (exact) mass is 383 g/mol. The number of amides is 3. The maximum Gasteiger partial charge on any atom is 0.289 e. The van der Waals surface area contributed by atoms with Crippen molar-refractivity contribution in [1.29, 1.82) is 0 Å². The number of carbonyl (C=O) groups excluding carboxylic acids is 3. The first kappa shape index (κ1) is 18.2. The number of para-hydroxylation sites is 2. The third kappa shape index (κ3) is 3.38. The molecule has 0 bridgehead atoms. The van der Waals surface area contributed by atoms with Gasteiger partial charge in [0.15, 0.2) is 11.8 Å². The van der Waals surface area contributed by atoms with Crippen molar-refractivity contribution in [3.05, 3.63) is 48.4 Å². The summed E-state index contributed by atoms with van der Waals surface area (Å²) in [5, 5.41) is 2.80. The summed E-state index contributed by atoms with van der Waals surface area (Å²) in [7, 11) is 0. The standard InChI is InChI=1S/C20H22N4O4/c1-14(19(26)24-13-18(25)21-15-5-2-3-6-16(15)24)22-8-10-23(11-9-22)20(27)17-7-4-12-28-17/h2-7,12,14H,8-11,13H2,1H3,(H,21,25)/p+1/t14-/m0/s1. The summed E-state index contributed by atoms with van der Waals surface area (Å²) < 4.78 is 5.19. The van der Waals surface area contributed by atoms with Gasteiger partial charge in [-0.1, -0.05) is 12.1 Å². The molecule has 2 aliphatic rings. The van der Waals surface area contributed by atoms with Gasteiger partial charge in [-0.3, -0.25) is 19.3 Å². The molecule has 1 aromatic heterocycles. The molecule has 4 rings (SSSR count). The number of nitrogens with one attached hydrogen (secondary N) is 2. The minimum atomic E-state index is -0.306. The maximum absolute atomic E-state index is 13.1. The SMILES string of the molecule is C[C@@H](C(=O)N1CC(=O)Nc2ccccc21)[NH+]1CCN(C(=O)c2ccco2)CC1. The van der Waals surface area contributed by atoms with Gasteiger partial charge in [0, 0.05) is 0 Å². The molecular weight excluding hydrogens is 360 g/mol. The Kier molecular flexibility index (Phi) is 4.87. The van der Waals surface area contributed by atoms with E-state index in [2.05, 4.69) is 5.32 Å². The second-order valence-corrected chi connectivity index (χ2v) is 7.14. The van der Waals surface area contributed by atoms with Crippen LogP contribution in [0.15, 0.2) is 47.1 Å². The largest absolute Gasteiger partial charge is 0.459 e. The molecular formula is C20H23N4O4+. The first-order chi connectivity index (χ1) is 13.5. The van der Waals surface area contributed by atoms with Crippen molar-refractivity contribution in [2.45, 2.75) is 13.0 Å². The van der Waals surface area contributed by atoms with Crippen molar-refractivity contribution in [3.63, 3.8) is 0 Å². The molecule has 8 heteroatoms. The lowest BCUT2D eigenvalue weighted by molar-refractivity contribution is -0.917. The Labute approximate surface area is 162 Å². The number of anilines is 2. The zero-order chi connectivity index (χ0) is 19.7. The number of fused-ring (bicyclic) bond motifs is 1. The van der Waals surface area contributed by atoms with Crippen molar-refractivity contribution in [3.8, 4) is 0 Å². The Morgan fingerprint density at radius 1 is 1.14 bits per heavy atom. The van der Waals surface area contributed by atoms with Crippen molar-refractivity contribution in [2.75, 3.05) is 42.9 Å². The maximum atomic E-state index is 13.1. The molecule has 146 valence electrons. The molecule has 2 aromatic rings. The molecule has 1 saturated heterocycles. The first-order valence-electron chi connectivity index (χ1n) is 9.42. The third-order valence-electron chi connectivity index (χ3n) is 5.44. The highest BCUT2D eigenvalue weighted by Gasteiger charge is 2.36. The van der Waals surface area contributed by atoms with E-state index < -0.39 is 0 Å². The Balaban J connectivity index is 1.42. The third-order valence-corrected chi connectivity index (χ3v) is 5.44. The molecule has 3 amide bonds. The summed E-state index contributed by atoms with van der Waals surface area (Å²) in [6, 6.07) is 10.4. The van der Waals surface area contributed by atoms with E-state index in [0.717, 1.165) is 10.6 Å². The summed E-state index contributed by atoms with van der Waals surface area (Å²) >= 11 is 0. The second kappa shape index (κ2) is 7.47. The fourth-order valence-corrected chi connectivity index (χ4v) is 3.82. The van der Waals surface area contributed by atoms with E-state index in [1.807, 2.05) is 25.1 Å². The van der Waals surface area contributed by atoms with Gasteiger partial charge >= 0.3 is 0 Å². The fraction of sp³-hybridized carbons (Fsp3) is 0.350. The van der Waals surface area contributed by atoms with Gasteiger partial charge < -0.3 is 19.5 Å². The number of carbonyl (C=O) groups is 3. The second-order valence-electron chi connectivity index (χ2n) is 7.14. The van der Waals surface area contributed by atoms with Crippen molar-refractivity contribution in [1.82, 2.24) is 4.90 Å². The van der Waals surface area contributed by atoms with Crippen LogP contribution in [0.1, 0.15) is 17.5 Å². The average molecular weight is 383 g/mol. The van der Waals surface area contributed by atoms with Crippen LogP contribution in [0.4, 0.5) is 11.4 Å². The minimum absolute atomic E-state index is 0.0244. The van der Waals surface area contributed by atoms with Crippen LogP contribution < -0.4 is 15.1 Å². The van der Waals surface area contributed by atoms with Gasteiger partial charge in [0.1, 0.15) is 6.54 Å². The van der Waals surface area contributed by atoms with Gasteiger partial charge in [-0.05, 0) is 31.2 Å². The fourth-order valence-electron chi connectivity index (χ4n) is 3.82. The summed E-state index contributed by atoms with van der Waals surface area (Å²) in [5.74, 6) is -0.0561. The van der Waals surface area contributed by atoms with E-state index in [1.54, 1.807) is 28.0 Å². The lowest BCUT2D eigenvalue weighted by atomic mass is 10.1. The van der Waals surface area contributed by atoms with Gasteiger partial charge in [0.25, 0.3) is 11.8 Å². The molecule has 0 aliphatic carbocycles. The number of piperazine rings is 1. The van der Waals surface area contributed by atoms with Crippen LogP contribution in [0, 0.1) is 0 Å². The highest BCUT2D eigenvalue weighted by molar-refractivity contribution is 6.10. The molecule has 2 aliphatic heterocycles. The van der Waals surface area contributed by atoms with E-state index in [9.17, 15) is 14.4 Å². The van der Waals surface area contributed by atoms with Crippen LogP contribution in [0.25, 0.3) is 0 Å². The highest BCUT2D eigenvalue weighted by Crippen LogP contribution is 2.29. The molecule has 1 fully saturated rings. The van der Waals surface area contributed by atoms with E-state index in [1.165, 1.54) is 6.26 Å². The van der Waals surface area contributed by atoms with Gasteiger partial charge in [0.05, 0.1) is 43.8 Å². The average Bonchev–Trinajstić information content (AvgIpc) is 3.26. The van der Waals surface area contributed by atoms with E-state index in [-0.39, 0.29) is 30.3 Å². The van der Waals surface area contributed by atoms with Gasteiger partial charge in [-0.25, -0.2) is 0 Å². The minimum Gasteiger partial charge on any atom is -0.459 e. The topological polar surface area (TPSA) is 87.3 Å². The Morgan fingerprint density at radius 2 is 1.89 bits per heavy atom. The molecule has 1 aromatic carbocycles. The number of rotatable bonds is 3. The molecule has 0 spiro atoms. The van der Waals surface area contributed by atoms with Crippen LogP contribution in [0.2, 0.25) is 0 Å². The van der Waals surface area contributed by atoms with Crippen molar-refractivity contribution >= 4 is 29.1 Å². The molecule has 0 unspecified atom stereocenters. The lowest BCUT2D eigenvalue weighted by Crippen LogP contribution is -3.19. The Bertz CT molecular complexity index is 887. The molecule has 0 radical (unpaired) electrons. The van der Waals surface area contributed by atoms with Gasteiger partial charge in [-0.2, -0.15) is 0 Å². The normalized spacial score (nSPS) is 18.4. The van der Waals surface area contributed by atoms with Crippen LogP contribution >= 0.6 is 0 Å². The highest BCUT2D eigenvalue weighted by atomic mass is 16.3. The predicted molar refractivity (Wildman–Crippen MR) is 102 cm³/mol. The lowest BCUT2D eigenvalue weighted by Gasteiger charge is -2.37. The van der Waals surface area contributed by atoms with Gasteiger partial charge in [-0.15, -0.1) is 0 Å². The van der Waals surface area contributed by atoms with Gasteiger partial charge in [0.2, 0.25) is 5.91 Å². The van der Waals surface area contributed by atoms with Crippen LogP contribution in [0.5, 0.6) is 0 Å². The zero-order valence-electron chi connectivity index (χ0n) is 15.7. The van der Waals surface area contributed by atoms with Crippen LogP contribution in [0.3, 0.4) is 0 Å². The van der Waals surface area contributed by atoms with E-state index in [0.29, 0.717) is 37.6 Å². The Morgan fingerprint density at radius 3 is 2.61 bits per heavy atom. The number of nitrogens with zero attached hydrogens (tertiary/aromatic N) is 2. The van der Waals surface area contributed by atoms with Crippen molar-refractivity contribution < 1.29 is 23.7 Å². The molecule has 1 atom stereocenters. The Hall–Kier alpha value is -3.13. The summed E-state index contributed by atoms with van der Waals surface area (Å²) in [6.07, 6.45) is 1.49. The van der Waals surface area contributed by atoms with Crippen LogP contribution in [-0.2, 0) is 9.59 Å². The summed E-state index contributed by atoms with van der Waals surface area (Å²) in [5.41, 5.74) is 1.38. The predicted octanol–water partition coefficient (Wildman–Crippen LogP) is -0.00590.